The van der Waals surface area contributed by atoms with Crippen LogP contribution in [0.2, 0.25) is 10.0 Å². The molecule has 3 rings (SSSR count). The van der Waals surface area contributed by atoms with Crippen LogP contribution in [0.5, 0.6) is 0 Å². The molecule has 0 aliphatic carbocycles. The van der Waals surface area contributed by atoms with E-state index in [0.29, 0.717) is 24.8 Å². The summed E-state index contributed by atoms with van der Waals surface area (Å²) in [6.45, 7) is 1.56. The number of carbonyl (C=O) groups excluding carboxylic acids is 1. The Labute approximate surface area is 180 Å². The number of amides is 1. The molecule has 9 heteroatoms. The number of hydrogen-bond acceptors (Lipinski definition) is 4. The first-order valence-corrected chi connectivity index (χ1v) is 11.4. The van der Waals surface area contributed by atoms with Crippen LogP contribution in [0.4, 0.5) is 0 Å². The summed E-state index contributed by atoms with van der Waals surface area (Å²) in [4.78, 5) is 12.8. The molecule has 1 heterocycles. The number of benzene rings is 2. The van der Waals surface area contributed by atoms with Gasteiger partial charge in [-0.25, -0.2) is 13.1 Å². The van der Waals surface area contributed by atoms with Crippen LogP contribution in [0.1, 0.15) is 28.8 Å². The van der Waals surface area contributed by atoms with Crippen LogP contribution < -0.4 is 10.0 Å². The third-order valence-electron chi connectivity index (χ3n) is 5.26. The minimum Gasteiger partial charge on any atom is -0.381 e. The number of nitrogens with one attached hydrogen (secondary N) is 2. The standard InChI is InChI=1S/C20H22Cl2N2O4S/c1-23-29(26,27)16-6-7-18(22)17(12-16)19(25)24-13-20(8-10-28-11-9-20)14-2-4-15(21)5-3-14/h2-7,12,23H,8-11,13H2,1H3,(H,24,25). The minimum absolute atomic E-state index is 0.0203. The minimum atomic E-state index is -3.68. The van der Waals surface area contributed by atoms with E-state index in [0.717, 1.165) is 18.4 Å². The number of hydrogen-bond donors (Lipinski definition) is 2. The molecular formula is C20H22Cl2N2O4S. The molecule has 0 radical (unpaired) electrons. The Balaban J connectivity index is 1.84. The normalized spacial score (nSPS) is 16.4. The van der Waals surface area contributed by atoms with Crippen LogP contribution in [0, 0.1) is 0 Å². The van der Waals surface area contributed by atoms with Crippen LogP contribution in [-0.4, -0.2) is 41.1 Å². The highest BCUT2D eigenvalue weighted by Gasteiger charge is 2.35. The summed E-state index contributed by atoms with van der Waals surface area (Å²) in [5.74, 6) is -0.428. The van der Waals surface area contributed by atoms with Gasteiger partial charge in [0.1, 0.15) is 0 Å². The summed E-state index contributed by atoms with van der Waals surface area (Å²) < 4.78 is 31.8. The van der Waals surface area contributed by atoms with Gasteiger partial charge in [0.25, 0.3) is 5.91 Å². The average molecular weight is 457 g/mol. The molecule has 0 atom stereocenters. The summed E-state index contributed by atoms with van der Waals surface area (Å²) >= 11 is 12.2. The molecule has 0 spiro atoms. The maximum Gasteiger partial charge on any atom is 0.252 e. The lowest BCUT2D eigenvalue weighted by molar-refractivity contribution is 0.0487. The topological polar surface area (TPSA) is 84.5 Å². The van der Waals surface area contributed by atoms with E-state index in [4.69, 9.17) is 27.9 Å². The van der Waals surface area contributed by atoms with Gasteiger partial charge in [0, 0.05) is 30.2 Å². The Hall–Kier alpha value is -1.64. The first kappa shape index (κ1) is 22.1. The van der Waals surface area contributed by atoms with Gasteiger partial charge in [0.2, 0.25) is 10.0 Å². The van der Waals surface area contributed by atoms with Crippen LogP contribution in [-0.2, 0) is 20.2 Å². The van der Waals surface area contributed by atoms with E-state index in [-0.39, 0.29) is 20.9 Å². The molecule has 1 amide bonds. The number of halogens is 2. The molecule has 156 valence electrons. The quantitative estimate of drug-likeness (QED) is 0.697. The van der Waals surface area contributed by atoms with Crippen LogP contribution in [0.15, 0.2) is 47.4 Å². The van der Waals surface area contributed by atoms with Gasteiger partial charge in [0.15, 0.2) is 0 Å². The van der Waals surface area contributed by atoms with Gasteiger partial charge in [-0.3, -0.25) is 4.79 Å². The summed E-state index contributed by atoms with van der Waals surface area (Å²) in [5, 5.41) is 3.77. The van der Waals surface area contributed by atoms with Crippen molar-refractivity contribution in [3.05, 3.63) is 63.6 Å². The molecule has 0 aromatic heterocycles. The molecule has 1 aliphatic rings. The largest absolute Gasteiger partial charge is 0.381 e. The first-order valence-electron chi connectivity index (χ1n) is 9.12. The van der Waals surface area contributed by atoms with Crippen molar-refractivity contribution in [2.45, 2.75) is 23.2 Å². The molecule has 1 saturated heterocycles. The molecule has 2 aromatic rings. The van der Waals surface area contributed by atoms with Crippen molar-refractivity contribution in [2.24, 2.45) is 0 Å². The van der Waals surface area contributed by atoms with E-state index in [1.165, 1.54) is 25.2 Å². The zero-order chi connectivity index (χ0) is 21.1. The van der Waals surface area contributed by atoms with E-state index in [1.54, 1.807) is 0 Å². The van der Waals surface area contributed by atoms with Gasteiger partial charge in [-0.05, 0) is 55.8 Å². The van der Waals surface area contributed by atoms with Crippen molar-refractivity contribution in [3.63, 3.8) is 0 Å². The Bertz CT molecular complexity index is 988. The van der Waals surface area contributed by atoms with Gasteiger partial charge in [-0.1, -0.05) is 35.3 Å². The van der Waals surface area contributed by atoms with Gasteiger partial charge in [0.05, 0.1) is 15.5 Å². The van der Waals surface area contributed by atoms with E-state index < -0.39 is 15.9 Å². The molecule has 0 bridgehead atoms. The van der Waals surface area contributed by atoms with E-state index >= 15 is 0 Å². The van der Waals surface area contributed by atoms with Crippen LogP contribution in [0.3, 0.4) is 0 Å². The Morgan fingerprint density at radius 1 is 1.10 bits per heavy atom. The van der Waals surface area contributed by atoms with Gasteiger partial charge in [-0.15, -0.1) is 0 Å². The first-order chi connectivity index (χ1) is 13.8. The molecule has 1 aliphatic heterocycles. The van der Waals surface area contributed by atoms with Crippen molar-refractivity contribution in [2.75, 3.05) is 26.8 Å². The Kier molecular flexibility index (Phi) is 6.86. The van der Waals surface area contributed by atoms with Crippen molar-refractivity contribution < 1.29 is 17.9 Å². The van der Waals surface area contributed by atoms with E-state index in [2.05, 4.69) is 10.0 Å². The molecule has 2 N–H and O–H groups in total. The lowest BCUT2D eigenvalue weighted by atomic mass is 9.74. The summed E-state index contributed by atoms with van der Waals surface area (Å²) in [6, 6.07) is 11.6. The Morgan fingerprint density at radius 2 is 1.76 bits per heavy atom. The van der Waals surface area contributed by atoms with Crippen molar-refractivity contribution >= 4 is 39.1 Å². The molecular weight excluding hydrogens is 435 g/mol. The van der Waals surface area contributed by atoms with Crippen molar-refractivity contribution in [1.29, 1.82) is 0 Å². The SMILES string of the molecule is CNS(=O)(=O)c1ccc(Cl)c(C(=O)NCC2(c3ccc(Cl)cc3)CCOCC2)c1. The lowest BCUT2D eigenvalue weighted by Crippen LogP contribution is -2.44. The predicted octanol–water partition coefficient (Wildman–Crippen LogP) is 3.38. The zero-order valence-corrected chi connectivity index (χ0v) is 18.2. The number of ether oxygens (including phenoxy) is 1. The fourth-order valence-electron chi connectivity index (χ4n) is 3.44. The van der Waals surface area contributed by atoms with Crippen molar-refractivity contribution in [1.82, 2.24) is 10.0 Å². The molecule has 2 aromatic carbocycles. The number of rotatable bonds is 6. The van der Waals surface area contributed by atoms with Crippen LogP contribution >= 0.6 is 23.2 Å². The monoisotopic (exact) mass is 456 g/mol. The summed E-state index contributed by atoms with van der Waals surface area (Å²) in [7, 11) is -2.37. The molecule has 6 nitrogen and oxygen atoms in total. The molecule has 0 unspecified atom stereocenters. The predicted molar refractivity (Wildman–Crippen MR) is 113 cm³/mol. The second-order valence-electron chi connectivity index (χ2n) is 6.93. The number of carbonyl (C=O) groups is 1. The Morgan fingerprint density at radius 3 is 2.38 bits per heavy atom. The highest BCUT2D eigenvalue weighted by atomic mass is 35.5. The second-order valence-corrected chi connectivity index (χ2v) is 9.66. The van der Waals surface area contributed by atoms with Gasteiger partial charge >= 0.3 is 0 Å². The fourth-order valence-corrected chi connectivity index (χ4v) is 4.53. The third kappa shape index (κ3) is 4.92. The highest BCUT2D eigenvalue weighted by Crippen LogP contribution is 2.35. The molecule has 0 saturated carbocycles. The van der Waals surface area contributed by atoms with Crippen molar-refractivity contribution in [3.8, 4) is 0 Å². The smallest absolute Gasteiger partial charge is 0.252 e. The second kappa shape index (κ2) is 9.02. The summed E-state index contributed by atoms with van der Waals surface area (Å²) in [5.41, 5.74) is 0.893. The van der Waals surface area contributed by atoms with Crippen LogP contribution in [0.25, 0.3) is 0 Å². The summed E-state index contributed by atoms with van der Waals surface area (Å²) in [6.07, 6.45) is 1.49. The molecule has 29 heavy (non-hydrogen) atoms. The van der Waals surface area contributed by atoms with E-state index in [9.17, 15) is 13.2 Å². The average Bonchev–Trinajstić information content (AvgIpc) is 2.73. The zero-order valence-electron chi connectivity index (χ0n) is 15.9. The maximum atomic E-state index is 12.8. The lowest BCUT2D eigenvalue weighted by Gasteiger charge is -2.38. The fraction of sp³-hybridized carbons (Fsp3) is 0.350. The number of sulfonamides is 1. The highest BCUT2D eigenvalue weighted by molar-refractivity contribution is 7.89. The molecule has 1 fully saturated rings. The van der Waals surface area contributed by atoms with Gasteiger partial charge in [-0.2, -0.15) is 0 Å². The van der Waals surface area contributed by atoms with Gasteiger partial charge < -0.3 is 10.1 Å². The van der Waals surface area contributed by atoms with E-state index in [1.807, 2.05) is 24.3 Å². The third-order valence-corrected chi connectivity index (χ3v) is 7.25. The maximum absolute atomic E-state index is 12.8.